The number of carbonyl (C=O) groups is 1. The van der Waals surface area contributed by atoms with Gasteiger partial charge in [-0.1, -0.05) is 31.2 Å². The number of rotatable bonds is 5. The molecule has 0 amide bonds. The SMILES string of the molecule is CCCOc1ccccc1-c1ccc(Br)c(C(=O)O)c1. The van der Waals surface area contributed by atoms with Crippen LogP contribution in [0.5, 0.6) is 5.75 Å². The third-order valence-electron chi connectivity index (χ3n) is 2.86. The number of carboxylic acid groups (broad SMARTS) is 1. The maximum atomic E-state index is 11.2. The molecule has 0 aliphatic heterocycles. The third kappa shape index (κ3) is 3.20. The van der Waals surface area contributed by atoms with Gasteiger partial charge in [0.1, 0.15) is 5.75 Å². The topological polar surface area (TPSA) is 46.5 Å². The summed E-state index contributed by atoms with van der Waals surface area (Å²) in [4.78, 5) is 11.2. The average Bonchev–Trinajstić information content (AvgIpc) is 2.46. The first-order chi connectivity index (χ1) is 9.63. The van der Waals surface area contributed by atoms with Crippen molar-refractivity contribution < 1.29 is 14.6 Å². The largest absolute Gasteiger partial charge is 0.493 e. The fraction of sp³-hybridized carbons (Fsp3) is 0.188. The van der Waals surface area contributed by atoms with E-state index in [0.29, 0.717) is 11.1 Å². The van der Waals surface area contributed by atoms with Gasteiger partial charge in [-0.25, -0.2) is 4.79 Å². The zero-order chi connectivity index (χ0) is 14.5. The number of hydrogen-bond acceptors (Lipinski definition) is 2. The van der Waals surface area contributed by atoms with E-state index in [4.69, 9.17) is 4.74 Å². The zero-order valence-corrected chi connectivity index (χ0v) is 12.7. The molecule has 2 rings (SSSR count). The molecule has 0 aromatic heterocycles. The molecule has 0 atom stereocenters. The molecule has 1 N–H and O–H groups in total. The summed E-state index contributed by atoms with van der Waals surface area (Å²) in [6.45, 7) is 2.68. The Morgan fingerprint density at radius 2 is 2.00 bits per heavy atom. The van der Waals surface area contributed by atoms with Gasteiger partial charge in [0.15, 0.2) is 0 Å². The summed E-state index contributed by atoms with van der Waals surface area (Å²) >= 11 is 3.25. The Morgan fingerprint density at radius 3 is 2.70 bits per heavy atom. The van der Waals surface area contributed by atoms with Crippen molar-refractivity contribution >= 4 is 21.9 Å². The van der Waals surface area contributed by atoms with Crippen LogP contribution in [0.25, 0.3) is 11.1 Å². The van der Waals surface area contributed by atoms with E-state index in [-0.39, 0.29) is 5.56 Å². The molecule has 104 valence electrons. The third-order valence-corrected chi connectivity index (χ3v) is 3.55. The quantitative estimate of drug-likeness (QED) is 0.868. The summed E-state index contributed by atoms with van der Waals surface area (Å²) < 4.78 is 6.28. The molecule has 0 fully saturated rings. The second-order valence-electron chi connectivity index (χ2n) is 4.34. The van der Waals surface area contributed by atoms with E-state index in [9.17, 15) is 9.90 Å². The molecule has 4 heteroatoms. The number of carboxylic acids is 1. The summed E-state index contributed by atoms with van der Waals surface area (Å²) in [6.07, 6.45) is 0.926. The van der Waals surface area contributed by atoms with Crippen LogP contribution in [0.2, 0.25) is 0 Å². The maximum Gasteiger partial charge on any atom is 0.336 e. The molecular weight excluding hydrogens is 320 g/mol. The van der Waals surface area contributed by atoms with Crippen molar-refractivity contribution in [3.63, 3.8) is 0 Å². The zero-order valence-electron chi connectivity index (χ0n) is 11.1. The van der Waals surface area contributed by atoms with Crippen molar-refractivity contribution in [3.05, 3.63) is 52.5 Å². The van der Waals surface area contributed by atoms with E-state index in [0.717, 1.165) is 23.3 Å². The van der Waals surface area contributed by atoms with E-state index < -0.39 is 5.97 Å². The summed E-state index contributed by atoms with van der Waals surface area (Å²) in [5, 5.41) is 9.19. The lowest BCUT2D eigenvalue weighted by Crippen LogP contribution is -1.99. The minimum Gasteiger partial charge on any atom is -0.493 e. The van der Waals surface area contributed by atoms with Crippen molar-refractivity contribution in [2.45, 2.75) is 13.3 Å². The van der Waals surface area contributed by atoms with Gasteiger partial charge in [-0.3, -0.25) is 0 Å². The van der Waals surface area contributed by atoms with Gasteiger partial charge in [-0.05, 0) is 46.1 Å². The highest BCUT2D eigenvalue weighted by Crippen LogP contribution is 2.32. The van der Waals surface area contributed by atoms with Gasteiger partial charge >= 0.3 is 5.97 Å². The minimum atomic E-state index is -0.953. The van der Waals surface area contributed by atoms with Gasteiger partial charge in [-0.2, -0.15) is 0 Å². The highest BCUT2D eigenvalue weighted by molar-refractivity contribution is 9.10. The Bertz CT molecular complexity index is 623. The normalized spacial score (nSPS) is 10.3. The molecule has 0 radical (unpaired) electrons. The molecule has 0 saturated heterocycles. The fourth-order valence-electron chi connectivity index (χ4n) is 1.90. The molecule has 0 unspecified atom stereocenters. The molecule has 2 aromatic carbocycles. The molecule has 0 bridgehead atoms. The van der Waals surface area contributed by atoms with Crippen LogP contribution in [0, 0.1) is 0 Å². The van der Waals surface area contributed by atoms with Crippen molar-refractivity contribution in [1.82, 2.24) is 0 Å². The lowest BCUT2D eigenvalue weighted by atomic mass is 10.0. The van der Waals surface area contributed by atoms with E-state index in [1.807, 2.05) is 37.3 Å². The molecule has 20 heavy (non-hydrogen) atoms. The van der Waals surface area contributed by atoms with Gasteiger partial charge in [0.2, 0.25) is 0 Å². The average molecular weight is 335 g/mol. The van der Waals surface area contributed by atoms with Crippen LogP contribution in [0.1, 0.15) is 23.7 Å². The van der Waals surface area contributed by atoms with Gasteiger partial charge in [0.25, 0.3) is 0 Å². The first-order valence-corrected chi connectivity index (χ1v) is 7.18. The predicted molar refractivity (Wildman–Crippen MR) is 82.3 cm³/mol. The van der Waals surface area contributed by atoms with Crippen LogP contribution in [0.3, 0.4) is 0 Å². The molecule has 0 heterocycles. The highest BCUT2D eigenvalue weighted by atomic mass is 79.9. The number of halogens is 1. The molecule has 0 spiro atoms. The predicted octanol–water partition coefficient (Wildman–Crippen LogP) is 4.60. The Labute approximate surface area is 126 Å². The summed E-state index contributed by atoms with van der Waals surface area (Å²) in [5.74, 6) is -0.182. The summed E-state index contributed by atoms with van der Waals surface area (Å²) in [6, 6.07) is 12.9. The maximum absolute atomic E-state index is 11.2. The Morgan fingerprint density at radius 1 is 1.25 bits per heavy atom. The van der Waals surface area contributed by atoms with E-state index in [2.05, 4.69) is 15.9 Å². The Balaban J connectivity index is 2.46. The van der Waals surface area contributed by atoms with Crippen LogP contribution in [-0.2, 0) is 0 Å². The van der Waals surface area contributed by atoms with Crippen LogP contribution < -0.4 is 4.74 Å². The first-order valence-electron chi connectivity index (χ1n) is 6.38. The lowest BCUT2D eigenvalue weighted by molar-refractivity contribution is 0.0696. The Hall–Kier alpha value is -1.81. The lowest BCUT2D eigenvalue weighted by Gasteiger charge is -2.12. The fourth-order valence-corrected chi connectivity index (χ4v) is 2.32. The molecular formula is C16H15BrO3. The van der Waals surface area contributed by atoms with Crippen molar-refractivity contribution in [2.24, 2.45) is 0 Å². The van der Waals surface area contributed by atoms with E-state index in [1.54, 1.807) is 12.1 Å². The number of benzene rings is 2. The first kappa shape index (κ1) is 14.6. The van der Waals surface area contributed by atoms with Crippen molar-refractivity contribution in [2.75, 3.05) is 6.61 Å². The van der Waals surface area contributed by atoms with Crippen LogP contribution >= 0.6 is 15.9 Å². The number of aromatic carboxylic acids is 1. The standard InChI is InChI=1S/C16H15BrO3/c1-2-9-20-15-6-4-3-5-12(15)11-7-8-14(17)13(10-11)16(18)19/h3-8,10H,2,9H2,1H3,(H,18,19). The molecule has 2 aromatic rings. The molecule has 0 aliphatic rings. The van der Waals surface area contributed by atoms with E-state index >= 15 is 0 Å². The second kappa shape index (κ2) is 6.57. The van der Waals surface area contributed by atoms with Gasteiger partial charge < -0.3 is 9.84 Å². The Kier molecular flexibility index (Phi) is 4.79. The van der Waals surface area contributed by atoms with Crippen LogP contribution in [-0.4, -0.2) is 17.7 Å². The molecule has 0 aliphatic carbocycles. The van der Waals surface area contributed by atoms with Crippen molar-refractivity contribution in [3.8, 4) is 16.9 Å². The van der Waals surface area contributed by atoms with E-state index in [1.165, 1.54) is 0 Å². The summed E-state index contributed by atoms with van der Waals surface area (Å²) in [5.41, 5.74) is 1.97. The van der Waals surface area contributed by atoms with Crippen LogP contribution in [0.15, 0.2) is 46.9 Å². The molecule has 3 nitrogen and oxygen atoms in total. The number of ether oxygens (including phenoxy) is 1. The van der Waals surface area contributed by atoms with Gasteiger partial charge in [0, 0.05) is 10.0 Å². The van der Waals surface area contributed by atoms with Crippen molar-refractivity contribution in [1.29, 1.82) is 0 Å². The second-order valence-corrected chi connectivity index (χ2v) is 5.20. The van der Waals surface area contributed by atoms with Crippen LogP contribution in [0.4, 0.5) is 0 Å². The monoisotopic (exact) mass is 334 g/mol. The van der Waals surface area contributed by atoms with Gasteiger partial charge in [-0.15, -0.1) is 0 Å². The summed E-state index contributed by atoms with van der Waals surface area (Å²) in [7, 11) is 0. The minimum absolute atomic E-state index is 0.243. The number of para-hydroxylation sites is 1. The highest BCUT2D eigenvalue weighted by Gasteiger charge is 2.12. The number of hydrogen-bond donors (Lipinski definition) is 1. The van der Waals surface area contributed by atoms with Gasteiger partial charge in [0.05, 0.1) is 12.2 Å². The smallest absolute Gasteiger partial charge is 0.336 e. The molecule has 0 saturated carbocycles.